The monoisotopic (exact) mass is 254 g/mol. The lowest BCUT2D eigenvalue weighted by Crippen LogP contribution is -2.36. The van der Waals surface area contributed by atoms with Crippen LogP contribution in [0.5, 0.6) is 0 Å². The highest BCUT2D eigenvalue weighted by Crippen LogP contribution is 2.22. The van der Waals surface area contributed by atoms with Gasteiger partial charge in [-0.3, -0.25) is 4.90 Å². The Hall–Kier alpha value is -0.640. The van der Waals surface area contributed by atoms with Gasteiger partial charge in [0.05, 0.1) is 6.10 Å². The minimum absolute atomic E-state index is 0.174. The van der Waals surface area contributed by atoms with Crippen LogP contribution in [0.3, 0.4) is 0 Å². The second-order valence-electron chi connectivity index (χ2n) is 4.84. The van der Waals surface area contributed by atoms with E-state index in [2.05, 4.69) is 9.88 Å². The Morgan fingerprint density at radius 2 is 2.24 bits per heavy atom. The van der Waals surface area contributed by atoms with Crippen LogP contribution >= 0.6 is 11.6 Å². The maximum absolute atomic E-state index is 9.55. The molecule has 0 saturated carbocycles. The van der Waals surface area contributed by atoms with E-state index in [1.54, 1.807) is 6.20 Å². The molecule has 1 aliphatic heterocycles. The summed E-state index contributed by atoms with van der Waals surface area (Å²) in [5, 5.41) is 10.1. The van der Waals surface area contributed by atoms with E-state index < -0.39 is 0 Å². The lowest BCUT2D eigenvalue weighted by atomic mass is 9.92. The number of hydrogen-bond donors (Lipinski definition) is 1. The molecule has 1 unspecified atom stereocenters. The summed E-state index contributed by atoms with van der Waals surface area (Å²) >= 11 is 5.86. The normalized spacial score (nSPS) is 20.4. The summed E-state index contributed by atoms with van der Waals surface area (Å²) in [6.45, 7) is 4.92. The van der Waals surface area contributed by atoms with Crippen molar-refractivity contribution < 1.29 is 5.11 Å². The number of likely N-dealkylation sites (tertiary alicyclic amines) is 1. The first kappa shape index (κ1) is 12.8. The Morgan fingerprint density at radius 1 is 1.53 bits per heavy atom. The fourth-order valence-corrected chi connectivity index (χ4v) is 2.59. The first-order valence-corrected chi connectivity index (χ1v) is 6.54. The Labute approximate surface area is 107 Å². The highest BCUT2D eigenvalue weighted by molar-refractivity contribution is 6.29. The molecule has 3 nitrogen and oxygen atoms in total. The second-order valence-corrected chi connectivity index (χ2v) is 5.23. The molecule has 1 aliphatic rings. The number of piperidine rings is 1. The van der Waals surface area contributed by atoms with E-state index in [-0.39, 0.29) is 6.10 Å². The van der Waals surface area contributed by atoms with Crippen LogP contribution in [0.1, 0.15) is 25.3 Å². The molecule has 1 aromatic heterocycles. The van der Waals surface area contributed by atoms with E-state index in [0.717, 1.165) is 32.5 Å². The molecule has 0 aromatic carbocycles. The van der Waals surface area contributed by atoms with E-state index in [4.69, 9.17) is 11.6 Å². The van der Waals surface area contributed by atoms with E-state index >= 15 is 0 Å². The third-order valence-corrected chi connectivity index (χ3v) is 3.72. The summed E-state index contributed by atoms with van der Waals surface area (Å²) in [5.41, 5.74) is 1.21. The molecule has 0 spiro atoms. The second kappa shape index (κ2) is 5.80. The van der Waals surface area contributed by atoms with E-state index in [1.807, 2.05) is 19.1 Å². The lowest BCUT2D eigenvalue weighted by Gasteiger charge is -2.33. The number of aliphatic hydroxyl groups is 1. The fraction of sp³-hybridized carbons (Fsp3) is 0.615. The molecule has 1 atom stereocenters. The number of aromatic nitrogens is 1. The highest BCUT2D eigenvalue weighted by atomic mass is 35.5. The summed E-state index contributed by atoms with van der Waals surface area (Å²) in [6, 6.07) is 3.93. The van der Waals surface area contributed by atoms with Gasteiger partial charge in [0.25, 0.3) is 0 Å². The number of halogens is 1. The predicted molar refractivity (Wildman–Crippen MR) is 68.9 cm³/mol. The maximum atomic E-state index is 9.55. The minimum atomic E-state index is -0.174. The summed E-state index contributed by atoms with van der Waals surface area (Å²) in [5.74, 6) is 0.465. The zero-order valence-electron chi connectivity index (χ0n) is 10.1. The molecule has 1 saturated heterocycles. The fourth-order valence-electron chi connectivity index (χ4n) is 2.39. The number of aliphatic hydroxyl groups excluding tert-OH is 1. The number of hydrogen-bond acceptors (Lipinski definition) is 3. The molecular formula is C13H19ClN2O. The van der Waals surface area contributed by atoms with Gasteiger partial charge in [0.1, 0.15) is 5.15 Å². The van der Waals surface area contributed by atoms with Crippen molar-refractivity contribution in [3.8, 4) is 0 Å². The van der Waals surface area contributed by atoms with Gasteiger partial charge in [-0.05, 0) is 56.5 Å². The average Bonchev–Trinajstić information content (AvgIpc) is 2.29. The molecule has 2 heterocycles. The summed E-state index contributed by atoms with van der Waals surface area (Å²) < 4.78 is 0. The molecule has 0 amide bonds. The van der Waals surface area contributed by atoms with Crippen molar-refractivity contribution in [2.24, 2.45) is 5.92 Å². The molecule has 0 bridgehead atoms. The zero-order chi connectivity index (χ0) is 12.3. The van der Waals surface area contributed by atoms with Crippen LogP contribution in [0.2, 0.25) is 5.15 Å². The third kappa shape index (κ3) is 3.66. The van der Waals surface area contributed by atoms with Crippen molar-refractivity contribution in [1.29, 1.82) is 0 Å². The molecular weight excluding hydrogens is 236 g/mol. The van der Waals surface area contributed by atoms with Crippen molar-refractivity contribution in [2.75, 3.05) is 13.1 Å². The Kier molecular flexibility index (Phi) is 4.37. The van der Waals surface area contributed by atoms with Gasteiger partial charge in [0.15, 0.2) is 0 Å². The highest BCUT2D eigenvalue weighted by Gasteiger charge is 2.22. The van der Waals surface area contributed by atoms with Gasteiger partial charge in [0, 0.05) is 12.7 Å². The number of nitrogens with zero attached hydrogens (tertiary/aromatic N) is 2. The molecule has 4 heteroatoms. The minimum Gasteiger partial charge on any atom is -0.393 e. The van der Waals surface area contributed by atoms with Gasteiger partial charge in [-0.2, -0.15) is 0 Å². The van der Waals surface area contributed by atoms with Crippen LogP contribution in [0.4, 0.5) is 0 Å². The van der Waals surface area contributed by atoms with Crippen LogP contribution in [-0.2, 0) is 6.54 Å². The summed E-state index contributed by atoms with van der Waals surface area (Å²) in [7, 11) is 0. The van der Waals surface area contributed by atoms with Crippen molar-refractivity contribution in [3.63, 3.8) is 0 Å². The van der Waals surface area contributed by atoms with Crippen molar-refractivity contribution in [1.82, 2.24) is 9.88 Å². The molecule has 1 aromatic rings. The summed E-state index contributed by atoms with van der Waals surface area (Å²) in [6.07, 6.45) is 3.74. The van der Waals surface area contributed by atoms with Crippen LogP contribution in [0.25, 0.3) is 0 Å². The molecule has 1 N–H and O–H groups in total. The molecule has 94 valence electrons. The van der Waals surface area contributed by atoms with Gasteiger partial charge in [-0.1, -0.05) is 11.6 Å². The summed E-state index contributed by atoms with van der Waals surface area (Å²) in [4.78, 5) is 6.39. The van der Waals surface area contributed by atoms with E-state index in [1.165, 1.54) is 5.56 Å². The van der Waals surface area contributed by atoms with E-state index in [0.29, 0.717) is 11.1 Å². The first-order valence-electron chi connectivity index (χ1n) is 6.16. The van der Waals surface area contributed by atoms with Crippen LogP contribution in [0, 0.1) is 5.92 Å². The predicted octanol–water partition coefficient (Wildman–Crippen LogP) is 2.33. The first-order chi connectivity index (χ1) is 8.15. The Morgan fingerprint density at radius 3 is 2.82 bits per heavy atom. The van der Waals surface area contributed by atoms with Gasteiger partial charge in [-0.15, -0.1) is 0 Å². The molecule has 17 heavy (non-hydrogen) atoms. The molecule has 2 rings (SSSR count). The van der Waals surface area contributed by atoms with Crippen LogP contribution in [0.15, 0.2) is 18.3 Å². The van der Waals surface area contributed by atoms with Crippen molar-refractivity contribution in [3.05, 3.63) is 29.0 Å². The van der Waals surface area contributed by atoms with Crippen LogP contribution in [-0.4, -0.2) is 34.2 Å². The van der Waals surface area contributed by atoms with Crippen LogP contribution < -0.4 is 0 Å². The molecule has 0 aliphatic carbocycles. The van der Waals surface area contributed by atoms with Crippen molar-refractivity contribution >= 4 is 11.6 Å². The van der Waals surface area contributed by atoms with Gasteiger partial charge < -0.3 is 5.11 Å². The lowest BCUT2D eigenvalue weighted by molar-refractivity contribution is 0.0695. The SMILES string of the molecule is CC(O)C1CCN(Cc2ccnc(Cl)c2)CC1. The molecule has 0 radical (unpaired) electrons. The zero-order valence-corrected chi connectivity index (χ0v) is 10.9. The van der Waals surface area contributed by atoms with E-state index in [9.17, 15) is 5.11 Å². The van der Waals surface area contributed by atoms with Gasteiger partial charge in [0.2, 0.25) is 0 Å². The number of rotatable bonds is 3. The van der Waals surface area contributed by atoms with Gasteiger partial charge in [-0.25, -0.2) is 4.98 Å². The average molecular weight is 255 g/mol. The Bertz CT molecular complexity index is 362. The quantitative estimate of drug-likeness (QED) is 0.841. The van der Waals surface area contributed by atoms with Crippen molar-refractivity contribution in [2.45, 2.75) is 32.4 Å². The Balaban J connectivity index is 1.86. The largest absolute Gasteiger partial charge is 0.393 e. The third-order valence-electron chi connectivity index (χ3n) is 3.51. The topological polar surface area (TPSA) is 36.4 Å². The molecule has 1 fully saturated rings. The van der Waals surface area contributed by atoms with Gasteiger partial charge >= 0.3 is 0 Å². The maximum Gasteiger partial charge on any atom is 0.129 e. The standard InChI is InChI=1S/C13H19ClN2O/c1-10(17)12-3-6-16(7-4-12)9-11-2-5-15-13(14)8-11/h2,5,8,10,12,17H,3-4,6-7,9H2,1H3. The number of pyridine rings is 1. The smallest absolute Gasteiger partial charge is 0.129 e.